The number of aromatic amines is 1. The van der Waals surface area contributed by atoms with Gasteiger partial charge in [0.25, 0.3) is 5.56 Å². The molecule has 0 bridgehead atoms. The van der Waals surface area contributed by atoms with Gasteiger partial charge >= 0.3 is 0 Å². The van der Waals surface area contributed by atoms with Gasteiger partial charge in [-0.3, -0.25) is 4.79 Å². The number of nitrogens with zero attached hydrogens (tertiary/aromatic N) is 2. The highest BCUT2D eigenvalue weighted by Gasteiger charge is 2.16. The molecule has 1 heterocycles. The van der Waals surface area contributed by atoms with Gasteiger partial charge in [0.2, 0.25) is 0 Å². The Balaban J connectivity index is 1.88. The lowest BCUT2D eigenvalue weighted by Crippen LogP contribution is -2.41. The average Bonchev–Trinajstić information content (AvgIpc) is 2.84. The molecule has 0 spiro atoms. The number of methoxy groups -OCH3 is 2. The Kier molecular flexibility index (Phi) is 8.68. The summed E-state index contributed by atoms with van der Waals surface area (Å²) in [6.07, 6.45) is 0. The van der Waals surface area contributed by atoms with Crippen LogP contribution in [0.5, 0.6) is 11.5 Å². The molecule has 176 valence electrons. The van der Waals surface area contributed by atoms with Gasteiger partial charge in [-0.25, -0.2) is 0 Å². The van der Waals surface area contributed by atoms with Crippen molar-refractivity contribution in [3.63, 3.8) is 0 Å². The van der Waals surface area contributed by atoms with E-state index in [-0.39, 0.29) is 5.56 Å². The van der Waals surface area contributed by atoms with Crippen molar-refractivity contribution in [1.29, 1.82) is 0 Å². The Morgan fingerprint density at radius 2 is 1.79 bits per heavy atom. The Labute approximate surface area is 200 Å². The summed E-state index contributed by atoms with van der Waals surface area (Å²) in [5.41, 5.74) is 2.05. The van der Waals surface area contributed by atoms with E-state index in [9.17, 15) is 4.79 Å². The van der Waals surface area contributed by atoms with Crippen LogP contribution < -0.4 is 20.3 Å². The number of fused-ring (bicyclic) bond motifs is 1. The maximum absolute atomic E-state index is 12.9. The highest BCUT2D eigenvalue weighted by Crippen LogP contribution is 2.24. The van der Waals surface area contributed by atoms with E-state index in [1.165, 1.54) is 0 Å². The number of rotatable bonds is 10. The van der Waals surface area contributed by atoms with Crippen molar-refractivity contribution < 1.29 is 9.47 Å². The molecular weight excluding hydrogens is 436 g/mol. The summed E-state index contributed by atoms with van der Waals surface area (Å²) in [7, 11) is 3.24. The highest BCUT2D eigenvalue weighted by atomic mass is 32.1. The molecule has 33 heavy (non-hydrogen) atoms. The first-order valence-corrected chi connectivity index (χ1v) is 11.5. The van der Waals surface area contributed by atoms with Gasteiger partial charge in [-0.05, 0) is 61.0 Å². The molecule has 2 aromatic carbocycles. The molecule has 0 saturated heterocycles. The molecule has 0 aliphatic carbocycles. The first-order valence-electron chi connectivity index (χ1n) is 11.1. The molecule has 0 radical (unpaired) electrons. The zero-order valence-electron chi connectivity index (χ0n) is 19.7. The van der Waals surface area contributed by atoms with E-state index in [4.69, 9.17) is 21.7 Å². The quantitative estimate of drug-likeness (QED) is 0.435. The fourth-order valence-electron chi connectivity index (χ4n) is 3.67. The molecule has 3 rings (SSSR count). The van der Waals surface area contributed by atoms with Crippen molar-refractivity contribution in [2.45, 2.75) is 20.4 Å². The monoisotopic (exact) mass is 468 g/mol. The van der Waals surface area contributed by atoms with Crippen molar-refractivity contribution in [2.75, 3.05) is 45.7 Å². The fraction of sp³-hybridized carbons (Fsp3) is 0.360. The van der Waals surface area contributed by atoms with Crippen LogP contribution in [0.1, 0.15) is 19.4 Å². The molecule has 0 unspecified atom stereocenters. The number of thiocarbonyl (C=S) groups is 1. The summed E-state index contributed by atoms with van der Waals surface area (Å²) in [5, 5.41) is 4.78. The standard InChI is InChI=1S/C25H32N4O3S/c1-5-28(6-2)13-14-29(25(33)27-21-9-7-8-10-23(21)32-4)17-19-15-18-11-12-20(31-3)16-22(18)26-24(19)30/h7-12,15-16H,5-6,13-14,17H2,1-4H3,(H,26,30)(H,27,33). The van der Waals surface area contributed by atoms with Gasteiger partial charge in [0.1, 0.15) is 11.5 Å². The topological polar surface area (TPSA) is 69.8 Å². The van der Waals surface area contributed by atoms with Gasteiger partial charge in [-0.1, -0.05) is 26.0 Å². The Morgan fingerprint density at radius 3 is 2.48 bits per heavy atom. The predicted molar refractivity (Wildman–Crippen MR) is 139 cm³/mol. The van der Waals surface area contributed by atoms with Gasteiger partial charge in [0.15, 0.2) is 5.11 Å². The minimum Gasteiger partial charge on any atom is -0.497 e. The van der Waals surface area contributed by atoms with Crippen LogP contribution in [0.3, 0.4) is 0 Å². The summed E-state index contributed by atoms with van der Waals surface area (Å²) < 4.78 is 10.7. The molecule has 7 nitrogen and oxygen atoms in total. The van der Waals surface area contributed by atoms with Crippen molar-refractivity contribution in [3.05, 3.63) is 64.4 Å². The van der Waals surface area contributed by atoms with E-state index in [1.54, 1.807) is 14.2 Å². The number of nitrogens with one attached hydrogen (secondary N) is 2. The third kappa shape index (κ3) is 6.24. The van der Waals surface area contributed by atoms with Gasteiger partial charge < -0.3 is 29.6 Å². The van der Waals surface area contributed by atoms with Crippen molar-refractivity contribution >= 4 is 33.9 Å². The summed E-state index contributed by atoms with van der Waals surface area (Å²) in [6, 6.07) is 15.2. The zero-order valence-corrected chi connectivity index (χ0v) is 20.5. The number of aromatic nitrogens is 1. The lowest BCUT2D eigenvalue weighted by Gasteiger charge is -2.29. The molecule has 2 N–H and O–H groups in total. The van der Waals surface area contributed by atoms with Crippen LogP contribution >= 0.6 is 12.2 Å². The molecule has 3 aromatic rings. The van der Waals surface area contributed by atoms with Crippen LogP contribution in [-0.2, 0) is 6.54 Å². The Hall–Kier alpha value is -3.10. The van der Waals surface area contributed by atoms with Crippen LogP contribution in [0.4, 0.5) is 5.69 Å². The maximum Gasteiger partial charge on any atom is 0.253 e. The summed E-state index contributed by atoms with van der Waals surface area (Å²) >= 11 is 5.77. The number of hydrogen-bond acceptors (Lipinski definition) is 5. The average molecular weight is 469 g/mol. The predicted octanol–water partition coefficient (Wildman–Crippen LogP) is 4.09. The van der Waals surface area contributed by atoms with E-state index in [1.807, 2.05) is 53.4 Å². The second kappa shape index (κ2) is 11.7. The number of H-pyrrole nitrogens is 1. The van der Waals surface area contributed by atoms with E-state index in [0.29, 0.717) is 35.3 Å². The molecule has 0 atom stereocenters. The van der Waals surface area contributed by atoms with Crippen LogP contribution in [0.2, 0.25) is 0 Å². The number of anilines is 1. The Morgan fingerprint density at radius 1 is 1.03 bits per heavy atom. The SMILES string of the molecule is CCN(CC)CCN(Cc1cc2ccc(OC)cc2[nH]c1=O)C(=S)Nc1ccccc1OC. The largest absolute Gasteiger partial charge is 0.497 e. The minimum absolute atomic E-state index is 0.135. The fourth-order valence-corrected chi connectivity index (χ4v) is 3.94. The van der Waals surface area contributed by atoms with E-state index >= 15 is 0 Å². The number of pyridine rings is 1. The van der Waals surface area contributed by atoms with Gasteiger partial charge in [-0.15, -0.1) is 0 Å². The smallest absolute Gasteiger partial charge is 0.253 e. The number of ether oxygens (including phenoxy) is 2. The molecular formula is C25H32N4O3S. The molecule has 0 fully saturated rings. The number of hydrogen-bond donors (Lipinski definition) is 2. The lowest BCUT2D eigenvalue weighted by molar-refractivity contribution is 0.266. The van der Waals surface area contributed by atoms with Crippen LogP contribution in [-0.4, -0.2) is 60.3 Å². The van der Waals surface area contributed by atoms with Crippen molar-refractivity contribution in [1.82, 2.24) is 14.8 Å². The highest BCUT2D eigenvalue weighted by molar-refractivity contribution is 7.80. The normalized spacial score (nSPS) is 10.9. The molecule has 0 aliphatic heterocycles. The summed E-state index contributed by atoms with van der Waals surface area (Å²) in [5.74, 6) is 1.41. The Bertz CT molecular complexity index is 1140. The molecule has 8 heteroatoms. The van der Waals surface area contributed by atoms with E-state index in [0.717, 1.165) is 36.2 Å². The molecule has 0 saturated carbocycles. The number of benzene rings is 2. The first-order chi connectivity index (χ1) is 16.0. The molecule has 0 amide bonds. The molecule has 0 aliphatic rings. The molecule has 1 aromatic heterocycles. The van der Waals surface area contributed by atoms with E-state index < -0.39 is 0 Å². The second-order valence-electron chi connectivity index (χ2n) is 7.66. The summed E-state index contributed by atoms with van der Waals surface area (Å²) in [6.45, 7) is 8.10. The van der Waals surface area contributed by atoms with Gasteiger partial charge in [-0.2, -0.15) is 0 Å². The van der Waals surface area contributed by atoms with Crippen molar-refractivity contribution in [3.8, 4) is 11.5 Å². The minimum atomic E-state index is -0.135. The third-order valence-corrected chi connectivity index (χ3v) is 6.07. The van der Waals surface area contributed by atoms with Crippen LogP contribution in [0.25, 0.3) is 10.9 Å². The lowest BCUT2D eigenvalue weighted by atomic mass is 10.1. The second-order valence-corrected chi connectivity index (χ2v) is 8.04. The van der Waals surface area contributed by atoms with Crippen molar-refractivity contribution in [2.24, 2.45) is 0 Å². The zero-order chi connectivity index (χ0) is 23.8. The number of para-hydroxylation sites is 2. The van der Waals surface area contributed by atoms with Crippen LogP contribution in [0, 0.1) is 0 Å². The van der Waals surface area contributed by atoms with Crippen LogP contribution in [0.15, 0.2) is 53.3 Å². The maximum atomic E-state index is 12.9. The first kappa shape index (κ1) is 24.5. The summed E-state index contributed by atoms with van der Waals surface area (Å²) in [4.78, 5) is 20.2. The third-order valence-electron chi connectivity index (χ3n) is 5.71. The van der Waals surface area contributed by atoms with Gasteiger partial charge in [0, 0.05) is 24.7 Å². The number of likely N-dealkylation sites (N-methyl/N-ethyl adjacent to an activating group) is 1. The van der Waals surface area contributed by atoms with E-state index in [2.05, 4.69) is 29.0 Å². The van der Waals surface area contributed by atoms with Gasteiger partial charge in [0.05, 0.1) is 32.0 Å².